The molecule has 250 valence electrons. The van der Waals surface area contributed by atoms with Gasteiger partial charge in [-0.3, -0.25) is 23.8 Å². The highest BCUT2D eigenvalue weighted by molar-refractivity contribution is 7.61. The highest BCUT2D eigenvalue weighted by atomic mass is 31.2. The first-order valence-corrected chi connectivity index (χ1v) is 17.0. The molecule has 0 saturated carbocycles. The Labute approximate surface area is 269 Å². The van der Waals surface area contributed by atoms with Crippen LogP contribution >= 0.6 is 7.60 Å². The number of carbonyl (C=O) groups is 3. The zero-order chi connectivity index (χ0) is 33.5. The van der Waals surface area contributed by atoms with Gasteiger partial charge in [0.2, 0.25) is 12.3 Å². The van der Waals surface area contributed by atoms with Gasteiger partial charge in [0, 0.05) is 12.7 Å². The van der Waals surface area contributed by atoms with Crippen molar-refractivity contribution in [2.24, 2.45) is 5.92 Å². The molecule has 13 heteroatoms. The number of furan rings is 1. The summed E-state index contributed by atoms with van der Waals surface area (Å²) in [6.45, 7) is 6.08. The third kappa shape index (κ3) is 10.3. The summed E-state index contributed by atoms with van der Waals surface area (Å²) >= 11 is 0. The Morgan fingerprint density at radius 1 is 1.04 bits per heavy atom. The lowest BCUT2D eigenvalue weighted by Gasteiger charge is -2.32. The number of nitrogens with one attached hydrogen (secondary N) is 2. The Hall–Kier alpha value is -3.96. The average molecular weight is 658 g/mol. The van der Waals surface area contributed by atoms with Crippen molar-refractivity contribution in [2.45, 2.75) is 65.5 Å². The second-order valence-electron chi connectivity index (χ2n) is 10.5. The zero-order valence-electron chi connectivity index (χ0n) is 26.8. The molecule has 3 atom stereocenters. The van der Waals surface area contributed by atoms with Gasteiger partial charge < -0.3 is 29.2 Å². The monoisotopic (exact) mass is 657 g/mol. The van der Waals surface area contributed by atoms with Crippen LogP contribution in [-0.4, -0.2) is 54.6 Å². The van der Waals surface area contributed by atoms with Gasteiger partial charge in [-0.25, -0.2) is 5.06 Å². The van der Waals surface area contributed by atoms with Gasteiger partial charge in [-0.15, -0.1) is 0 Å². The van der Waals surface area contributed by atoms with Gasteiger partial charge in [0.05, 0.1) is 30.5 Å². The van der Waals surface area contributed by atoms with Crippen molar-refractivity contribution in [1.29, 1.82) is 0 Å². The average Bonchev–Trinajstić information content (AvgIpc) is 3.57. The van der Waals surface area contributed by atoms with Crippen LogP contribution in [0.25, 0.3) is 11.3 Å². The van der Waals surface area contributed by atoms with Crippen LogP contribution in [0.3, 0.4) is 0 Å². The van der Waals surface area contributed by atoms with Crippen molar-refractivity contribution >= 4 is 31.1 Å². The van der Waals surface area contributed by atoms with E-state index in [2.05, 4.69) is 17.6 Å². The van der Waals surface area contributed by atoms with Crippen LogP contribution in [0, 0.1) is 5.92 Å². The van der Waals surface area contributed by atoms with Gasteiger partial charge in [-0.2, -0.15) is 0 Å². The molecule has 1 aromatic heterocycles. The molecule has 46 heavy (non-hydrogen) atoms. The number of carbonyl (C=O) groups excluding carboxylic acids is 3. The van der Waals surface area contributed by atoms with Crippen molar-refractivity contribution in [2.75, 3.05) is 20.4 Å². The fourth-order valence-corrected chi connectivity index (χ4v) is 5.77. The normalized spacial score (nSPS) is 13.7. The van der Waals surface area contributed by atoms with E-state index in [1.807, 2.05) is 37.3 Å². The van der Waals surface area contributed by atoms with E-state index in [0.717, 1.165) is 31.9 Å². The fourth-order valence-electron chi connectivity index (χ4n) is 4.97. The predicted molar refractivity (Wildman–Crippen MR) is 173 cm³/mol. The smallest absolute Gasteiger partial charge is 0.358 e. The molecule has 12 nitrogen and oxygen atoms in total. The molecule has 1 unspecified atom stereocenters. The van der Waals surface area contributed by atoms with Gasteiger partial charge in [0.15, 0.2) is 5.76 Å². The molecule has 0 aliphatic rings. The van der Waals surface area contributed by atoms with E-state index in [1.54, 1.807) is 19.1 Å². The van der Waals surface area contributed by atoms with E-state index in [4.69, 9.17) is 18.5 Å². The first-order chi connectivity index (χ1) is 22.2. The molecule has 3 N–H and O–H groups in total. The molecular formula is C33H44N3O9P. The summed E-state index contributed by atoms with van der Waals surface area (Å²) in [4.78, 5) is 54.4. The summed E-state index contributed by atoms with van der Waals surface area (Å²) in [6.07, 6.45) is 4.33. The number of amides is 3. The van der Waals surface area contributed by atoms with Crippen LogP contribution in [0.15, 0.2) is 65.1 Å². The molecular weight excluding hydrogens is 613 g/mol. The quantitative estimate of drug-likeness (QED) is 0.0490. The molecule has 1 heterocycles. The summed E-state index contributed by atoms with van der Waals surface area (Å²) in [5.41, 5.74) is 1.31. The van der Waals surface area contributed by atoms with Gasteiger partial charge >= 0.3 is 7.60 Å². The number of hydrogen-bond donors (Lipinski definition) is 3. The highest BCUT2D eigenvalue weighted by Gasteiger charge is 2.32. The van der Waals surface area contributed by atoms with E-state index in [0.29, 0.717) is 37.2 Å². The number of nitrogens with zero attached hydrogens (tertiary/aromatic N) is 1. The van der Waals surface area contributed by atoms with Crippen LogP contribution in [-0.2, 0) is 30.1 Å². The second kappa shape index (κ2) is 18.3. The first kappa shape index (κ1) is 36.5. The maximum Gasteiger partial charge on any atom is 0.358 e. The van der Waals surface area contributed by atoms with Crippen LogP contribution in [0.2, 0.25) is 0 Å². The third-order valence-electron chi connectivity index (χ3n) is 7.39. The Morgan fingerprint density at radius 3 is 2.46 bits per heavy atom. The molecule has 2 aromatic carbocycles. The van der Waals surface area contributed by atoms with Crippen molar-refractivity contribution in [3.8, 4) is 17.1 Å². The number of rotatable bonds is 20. The Kier molecular flexibility index (Phi) is 14.5. The second-order valence-corrected chi connectivity index (χ2v) is 12.5. The van der Waals surface area contributed by atoms with Crippen LogP contribution in [0.4, 0.5) is 0 Å². The summed E-state index contributed by atoms with van der Waals surface area (Å²) in [5, 5.41) is 6.64. The van der Waals surface area contributed by atoms with E-state index < -0.39 is 25.5 Å². The Bertz CT molecular complexity index is 1460. The van der Waals surface area contributed by atoms with Crippen molar-refractivity contribution in [3.05, 3.63) is 72.0 Å². The maximum absolute atomic E-state index is 13.4. The largest absolute Gasteiger partial charge is 0.494 e. The standard InChI is InChI=1S/C33H44N3O9P/c1-5-8-10-15-28(29(6-2)36(23-37)44-21-24-13-11-9-12-14-24)32(38)34-22-35-33(39)31-17-16-30(45-31)25-18-26(43-7-3)20-27(19-25)46(40,41)42-4/h9,11-14,16-20,23,28-29H,5-8,10,15,21-22H2,1-4H3,(H,34,38)(H,35,39)(H,40,41)/t28-,29-/m1/s1. The Morgan fingerprint density at radius 2 is 1.80 bits per heavy atom. The summed E-state index contributed by atoms with van der Waals surface area (Å²) in [6, 6.07) is 16.4. The molecule has 0 fully saturated rings. The van der Waals surface area contributed by atoms with Gasteiger partial charge in [0.1, 0.15) is 18.1 Å². The minimum atomic E-state index is -4.09. The summed E-state index contributed by atoms with van der Waals surface area (Å²) in [5.74, 6) is -0.883. The fraction of sp³-hybridized carbons (Fsp3) is 0.424. The number of hydrogen-bond acceptors (Lipinski definition) is 8. The molecule has 0 aliphatic heterocycles. The molecule has 3 rings (SSSR count). The minimum absolute atomic E-state index is 0.0125. The van der Waals surface area contributed by atoms with Crippen molar-refractivity contribution in [3.63, 3.8) is 0 Å². The number of unbranched alkanes of at least 4 members (excludes halogenated alkanes) is 2. The summed E-state index contributed by atoms with van der Waals surface area (Å²) < 4.78 is 28.5. The van der Waals surface area contributed by atoms with Gasteiger partial charge in [0.25, 0.3) is 5.91 Å². The van der Waals surface area contributed by atoms with Gasteiger partial charge in [-0.05, 0) is 55.7 Å². The lowest BCUT2D eigenvalue weighted by atomic mass is 9.90. The third-order valence-corrected chi connectivity index (χ3v) is 8.80. The topological polar surface area (TPSA) is 157 Å². The summed E-state index contributed by atoms with van der Waals surface area (Å²) in [7, 11) is -2.95. The van der Waals surface area contributed by atoms with Crippen LogP contribution in [0.5, 0.6) is 5.75 Å². The molecule has 0 spiro atoms. The van der Waals surface area contributed by atoms with E-state index in [-0.39, 0.29) is 36.0 Å². The van der Waals surface area contributed by atoms with Crippen molar-refractivity contribution in [1.82, 2.24) is 15.7 Å². The predicted octanol–water partition coefficient (Wildman–Crippen LogP) is 5.17. The first-order valence-electron chi connectivity index (χ1n) is 15.4. The van der Waals surface area contributed by atoms with E-state index in [9.17, 15) is 23.8 Å². The number of benzene rings is 2. The molecule has 0 bridgehead atoms. The molecule has 0 saturated heterocycles. The van der Waals surface area contributed by atoms with E-state index >= 15 is 0 Å². The zero-order valence-corrected chi connectivity index (χ0v) is 27.7. The molecule has 3 aromatic rings. The van der Waals surface area contributed by atoms with Crippen LogP contribution in [0.1, 0.15) is 69.0 Å². The number of hydroxylamine groups is 2. The SMILES string of the molecule is CCCCC[C@@H](C(=O)NCNC(=O)c1ccc(-c2cc(OCC)cc(P(=O)(O)OC)c2)o1)[C@@H](CC)N(C=O)OCc1ccccc1. The Balaban J connectivity index is 1.67. The van der Waals surface area contributed by atoms with Gasteiger partial charge in [-0.1, -0.05) is 63.4 Å². The maximum atomic E-state index is 13.4. The van der Waals surface area contributed by atoms with Crippen molar-refractivity contribution < 1.29 is 42.4 Å². The lowest BCUT2D eigenvalue weighted by Crippen LogP contribution is -2.48. The van der Waals surface area contributed by atoms with Crippen LogP contribution < -0.4 is 20.7 Å². The lowest BCUT2D eigenvalue weighted by molar-refractivity contribution is -0.200. The molecule has 0 radical (unpaired) electrons. The molecule has 0 aliphatic carbocycles. The molecule has 3 amide bonds. The highest BCUT2D eigenvalue weighted by Crippen LogP contribution is 2.41. The number of ether oxygens (including phenoxy) is 1. The van der Waals surface area contributed by atoms with E-state index in [1.165, 1.54) is 23.3 Å². The minimum Gasteiger partial charge on any atom is -0.494 e.